The van der Waals surface area contributed by atoms with E-state index in [9.17, 15) is 0 Å². The molecule has 0 saturated heterocycles. The summed E-state index contributed by atoms with van der Waals surface area (Å²) >= 11 is 0. The Bertz CT molecular complexity index is 305. The molecule has 1 unspecified atom stereocenters. The van der Waals surface area contributed by atoms with Crippen LogP contribution in [0.15, 0.2) is 53.6 Å². The molecule has 0 aliphatic carbocycles. The minimum Gasteiger partial charge on any atom is -0.301 e. The van der Waals surface area contributed by atoms with Gasteiger partial charge in [-0.3, -0.25) is 0 Å². The van der Waals surface area contributed by atoms with Crippen molar-refractivity contribution in [2.24, 2.45) is 10.9 Å². The Morgan fingerprint density at radius 3 is 2.53 bits per heavy atom. The molecule has 17 heavy (non-hydrogen) atoms. The fourth-order valence-electron chi connectivity index (χ4n) is 1.38. The Balaban J connectivity index is 4.38. The molecule has 0 spiro atoms. The quantitative estimate of drug-likeness (QED) is 0.325. The minimum absolute atomic E-state index is 0.426. The maximum atomic E-state index is 4.04. The van der Waals surface area contributed by atoms with E-state index in [4.69, 9.17) is 0 Å². The second-order valence-corrected chi connectivity index (χ2v) is 4.03. The van der Waals surface area contributed by atoms with Crippen molar-refractivity contribution in [3.8, 4) is 0 Å². The van der Waals surface area contributed by atoms with Crippen LogP contribution in [0.3, 0.4) is 0 Å². The lowest BCUT2D eigenvalue weighted by Crippen LogP contribution is -1.89. The van der Waals surface area contributed by atoms with Gasteiger partial charge in [0.15, 0.2) is 0 Å². The van der Waals surface area contributed by atoms with Gasteiger partial charge in [-0.05, 0) is 18.8 Å². The van der Waals surface area contributed by atoms with Gasteiger partial charge in [-0.2, -0.15) is 0 Å². The Kier molecular flexibility index (Phi) is 10.2. The lowest BCUT2D eigenvalue weighted by atomic mass is 10.0. The van der Waals surface area contributed by atoms with Crippen LogP contribution in [0.2, 0.25) is 0 Å². The first-order valence-electron chi connectivity index (χ1n) is 6.29. The number of hydrogen-bond donors (Lipinski definition) is 0. The van der Waals surface area contributed by atoms with Crippen molar-refractivity contribution in [3.05, 3.63) is 48.6 Å². The molecule has 0 heterocycles. The van der Waals surface area contributed by atoms with Gasteiger partial charge in [-0.25, -0.2) is 0 Å². The van der Waals surface area contributed by atoms with Crippen LogP contribution in [-0.2, 0) is 0 Å². The molecule has 0 aromatic carbocycles. The number of nitrogens with zero attached hydrogens (tertiary/aromatic N) is 1. The average Bonchev–Trinajstić information content (AvgIpc) is 2.35. The van der Waals surface area contributed by atoms with Crippen molar-refractivity contribution in [1.82, 2.24) is 0 Å². The van der Waals surface area contributed by atoms with Gasteiger partial charge in [0.05, 0.1) is 0 Å². The van der Waals surface area contributed by atoms with Gasteiger partial charge in [-0.1, -0.05) is 55.9 Å². The summed E-state index contributed by atoms with van der Waals surface area (Å²) < 4.78 is 0. The molecule has 1 heteroatoms. The van der Waals surface area contributed by atoms with Gasteiger partial charge in [0, 0.05) is 19.7 Å². The van der Waals surface area contributed by atoms with Crippen LogP contribution in [0, 0.1) is 5.92 Å². The molecule has 0 aliphatic heterocycles. The third-order valence-corrected chi connectivity index (χ3v) is 2.41. The van der Waals surface area contributed by atoms with Crippen LogP contribution in [0.4, 0.5) is 0 Å². The van der Waals surface area contributed by atoms with E-state index in [2.05, 4.69) is 55.8 Å². The van der Waals surface area contributed by atoms with E-state index in [-0.39, 0.29) is 0 Å². The first kappa shape index (κ1) is 15.6. The highest BCUT2D eigenvalue weighted by Crippen LogP contribution is 2.12. The van der Waals surface area contributed by atoms with Gasteiger partial charge >= 0.3 is 0 Å². The van der Waals surface area contributed by atoms with Gasteiger partial charge in [-0.15, -0.1) is 6.58 Å². The molecule has 0 rings (SSSR count). The molecule has 1 atom stereocenters. The lowest BCUT2D eigenvalue weighted by molar-refractivity contribution is 0.913. The van der Waals surface area contributed by atoms with E-state index in [1.165, 1.54) is 5.57 Å². The number of aliphatic imine (C=N–C) groups is 1. The van der Waals surface area contributed by atoms with E-state index in [1.807, 2.05) is 19.3 Å². The van der Waals surface area contributed by atoms with E-state index >= 15 is 0 Å². The highest BCUT2D eigenvalue weighted by molar-refractivity contribution is 5.61. The largest absolute Gasteiger partial charge is 0.301 e. The summed E-state index contributed by atoms with van der Waals surface area (Å²) in [6.07, 6.45) is 17.7. The second kappa shape index (κ2) is 11.1. The van der Waals surface area contributed by atoms with E-state index in [0.29, 0.717) is 5.92 Å². The Labute approximate surface area is 106 Å². The summed E-state index contributed by atoms with van der Waals surface area (Å²) in [5.74, 6) is 0.426. The maximum Gasteiger partial charge on any atom is 0.0273 e. The number of rotatable bonds is 8. The lowest BCUT2D eigenvalue weighted by Gasteiger charge is -2.04. The van der Waals surface area contributed by atoms with E-state index in [0.717, 1.165) is 19.3 Å². The van der Waals surface area contributed by atoms with Crippen molar-refractivity contribution in [2.75, 3.05) is 7.05 Å². The smallest absolute Gasteiger partial charge is 0.0273 e. The molecule has 0 N–H and O–H groups in total. The van der Waals surface area contributed by atoms with Crippen molar-refractivity contribution in [1.29, 1.82) is 0 Å². The van der Waals surface area contributed by atoms with Crippen molar-refractivity contribution >= 4 is 6.21 Å². The summed E-state index contributed by atoms with van der Waals surface area (Å²) in [5, 5.41) is 0. The summed E-state index contributed by atoms with van der Waals surface area (Å²) in [6.45, 7) is 8.09. The topological polar surface area (TPSA) is 12.4 Å². The third-order valence-electron chi connectivity index (χ3n) is 2.41. The minimum atomic E-state index is 0.426. The monoisotopic (exact) mass is 231 g/mol. The highest BCUT2D eigenvalue weighted by Gasteiger charge is 1.96. The molecule has 0 amide bonds. The number of hydrogen-bond acceptors (Lipinski definition) is 1. The van der Waals surface area contributed by atoms with Crippen LogP contribution in [0.1, 0.15) is 33.1 Å². The Morgan fingerprint density at radius 1 is 1.24 bits per heavy atom. The molecule has 94 valence electrons. The fourth-order valence-corrected chi connectivity index (χ4v) is 1.38. The standard InChI is InChI=1S/C16H25N/c1-5-7-8-9-10-11-16(12-13-17-4)14-15(3)6-2/h6-10,13-15H,2,5,11-12H2,1,3-4H3/b8-7-,10-9-,16-14-,17-13-. The van der Waals surface area contributed by atoms with Gasteiger partial charge in [0.1, 0.15) is 0 Å². The molecule has 0 aromatic heterocycles. The van der Waals surface area contributed by atoms with Gasteiger partial charge < -0.3 is 4.99 Å². The van der Waals surface area contributed by atoms with Crippen LogP contribution < -0.4 is 0 Å². The van der Waals surface area contributed by atoms with Crippen LogP contribution in [0.5, 0.6) is 0 Å². The van der Waals surface area contributed by atoms with Crippen molar-refractivity contribution in [3.63, 3.8) is 0 Å². The molecule has 0 radical (unpaired) electrons. The zero-order valence-corrected chi connectivity index (χ0v) is 11.4. The summed E-state index contributed by atoms with van der Waals surface area (Å²) in [5.41, 5.74) is 1.39. The third kappa shape index (κ3) is 9.55. The maximum absolute atomic E-state index is 4.04. The summed E-state index contributed by atoms with van der Waals surface area (Å²) in [7, 11) is 1.81. The van der Waals surface area contributed by atoms with E-state index < -0.39 is 0 Å². The van der Waals surface area contributed by atoms with Gasteiger partial charge in [0.25, 0.3) is 0 Å². The molecule has 0 aromatic rings. The zero-order chi connectivity index (χ0) is 12.9. The molecule has 0 aliphatic rings. The van der Waals surface area contributed by atoms with E-state index in [1.54, 1.807) is 0 Å². The van der Waals surface area contributed by atoms with Crippen molar-refractivity contribution in [2.45, 2.75) is 33.1 Å². The van der Waals surface area contributed by atoms with Crippen LogP contribution >= 0.6 is 0 Å². The molecule has 1 nitrogen and oxygen atoms in total. The van der Waals surface area contributed by atoms with Crippen LogP contribution in [-0.4, -0.2) is 13.3 Å². The first-order chi connectivity index (χ1) is 8.24. The summed E-state index contributed by atoms with van der Waals surface area (Å²) in [6, 6.07) is 0. The molecule has 0 bridgehead atoms. The molecule has 0 saturated carbocycles. The molecular formula is C16H25N. The average molecular weight is 231 g/mol. The van der Waals surface area contributed by atoms with Crippen molar-refractivity contribution < 1.29 is 0 Å². The highest BCUT2D eigenvalue weighted by atomic mass is 14.6. The predicted octanol–water partition coefficient (Wildman–Crippen LogP) is 4.74. The Morgan fingerprint density at radius 2 is 1.94 bits per heavy atom. The summed E-state index contributed by atoms with van der Waals surface area (Å²) in [4.78, 5) is 4.04. The first-order valence-corrected chi connectivity index (χ1v) is 6.29. The molecular weight excluding hydrogens is 206 g/mol. The second-order valence-electron chi connectivity index (χ2n) is 4.03. The molecule has 0 fully saturated rings. The SMILES string of the molecule is C=CC(C)/C=C(/C/C=C\C=C/CC)C/C=N\C. The van der Waals surface area contributed by atoms with Crippen LogP contribution in [0.25, 0.3) is 0 Å². The zero-order valence-electron chi connectivity index (χ0n) is 11.4. The Hall–Kier alpha value is -1.37. The van der Waals surface area contributed by atoms with Gasteiger partial charge in [0.2, 0.25) is 0 Å². The fraction of sp³-hybridized carbons (Fsp3) is 0.438. The predicted molar refractivity (Wildman–Crippen MR) is 79.7 cm³/mol. The normalized spacial score (nSPS) is 15.1. The number of allylic oxidation sites excluding steroid dienone is 7.